The van der Waals surface area contributed by atoms with Crippen molar-refractivity contribution in [2.24, 2.45) is 0 Å². The number of nitrogens with zero attached hydrogens (tertiary/aromatic N) is 1. The lowest BCUT2D eigenvalue weighted by Crippen LogP contribution is -2.03. The summed E-state index contributed by atoms with van der Waals surface area (Å²) in [6, 6.07) is 0. The van der Waals surface area contributed by atoms with Gasteiger partial charge in [-0.05, 0) is 6.42 Å². The number of ketones is 1. The maximum absolute atomic E-state index is 11.0. The standard InChI is InChI=1S/C8H9NO3S/c1-3-5-9-6(8(11)12)7(13-5)4(2)10/h3H2,1-2H3,(H,11,12). The van der Waals surface area contributed by atoms with Gasteiger partial charge in [-0.25, -0.2) is 9.78 Å². The Morgan fingerprint density at radius 3 is 2.46 bits per heavy atom. The van der Waals surface area contributed by atoms with Gasteiger partial charge in [-0.1, -0.05) is 6.92 Å². The van der Waals surface area contributed by atoms with Crippen LogP contribution in [0.15, 0.2) is 0 Å². The van der Waals surface area contributed by atoms with Crippen molar-refractivity contribution in [2.75, 3.05) is 0 Å². The number of Topliss-reactive ketones (excluding diaryl/α,β-unsaturated/α-hetero) is 1. The SMILES string of the molecule is CCc1nc(C(=O)O)c(C(C)=O)s1. The molecule has 0 bridgehead atoms. The van der Waals surface area contributed by atoms with Crippen molar-refractivity contribution in [1.29, 1.82) is 0 Å². The molecule has 1 heterocycles. The van der Waals surface area contributed by atoms with Crippen LogP contribution in [-0.4, -0.2) is 21.8 Å². The number of carbonyl (C=O) groups excluding carboxylic acids is 1. The summed E-state index contributed by atoms with van der Waals surface area (Å²) < 4.78 is 0. The maximum atomic E-state index is 11.0. The van der Waals surface area contributed by atoms with Crippen LogP contribution in [0.1, 0.15) is 39.0 Å². The second-order valence-corrected chi connectivity index (χ2v) is 3.58. The van der Waals surface area contributed by atoms with Crippen LogP contribution in [0.4, 0.5) is 0 Å². The molecule has 70 valence electrons. The molecular formula is C8H9NO3S. The van der Waals surface area contributed by atoms with E-state index < -0.39 is 5.97 Å². The Labute approximate surface area is 79.2 Å². The summed E-state index contributed by atoms with van der Waals surface area (Å²) >= 11 is 1.15. The van der Waals surface area contributed by atoms with E-state index in [4.69, 9.17) is 5.11 Å². The zero-order valence-corrected chi connectivity index (χ0v) is 8.14. The normalized spacial score (nSPS) is 10.0. The lowest BCUT2D eigenvalue weighted by molar-refractivity contribution is 0.0687. The summed E-state index contributed by atoms with van der Waals surface area (Å²) in [6.45, 7) is 3.22. The number of aromatic carboxylic acids is 1. The van der Waals surface area contributed by atoms with Crippen molar-refractivity contribution in [3.63, 3.8) is 0 Å². The van der Waals surface area contributed by atoms with Gasteiger partial charge in [0.1, 0.15) is 4.88 Å². The molecule has 5 heteroatoms. The fourth-order valence-electron chi connectivity index (χ4n) is 0.899. The lowest BCUT2D eigenvalue weighted by atomic mass is 10.3. The van der Waals surface area contributed by atoms with Crippen molar-refractivity contribution in [2.45, 2.75) is 20.3 Å². The van der Waals surface area contributed by atoms with Gasteiger partial charge in [0.25, 0.3) is 0 Å². The second-order valence-electron chi connectivity index (χ2n) is 2.50. The molecule has 0 unspecified atom stereocenters. The van der Waals surface area contributed by atoms with Crippen molar-refractivity contribution in [3.8, 4) is 0 Å². The summed E-state index contributed by atoms with van der Waals surface area (Å²) in [5.41, 5.74) is -0.116. The third-order valence-electron chi connectivity index (χ3n) is 1.50. The van der Waals surface area contributed by atoms with E-state index in [1.807, 2.05) is 6.92 Å². The number of carboxylic acids is 1. The van der Waals surface area contributed by atoms with Crippen LogP contribution >= 0.6 is 11.3 Å². The van der Waals surface area contributed by atoms with E-state index in [2.05, 4.69) is 4.98 Å². The fourth-order valence-corrected chi connectivity index (χ4v) is 1.79. The van der Waals surface area contributed by atoms with E-state index in [9.17, 15) is 9.59 Å². The maximum Gasteiger partial charge on any atom is 0.356 e. The molecule has 0 aliphatic heterocycles. The smallest absolute Gasteiger partial charge is 0.356 e. The minimum Gasteiger partial charge on any atom is -0.476 e. The van der Waals surface area contributed by atoms with Gasteiger partial charge >= 0.3 is 5.97 Å². The number of hydrogen-bond acceptors (Lipinski definition) is 4. The van der Waals surface area contributed by atoms with Crippen LogP contribution in [0.2, 0.25) is 0 Å². The molecule has 0 atom stereocenters. The van der Waals surface area contributed by atoms with E-state index in [1.54, 1.807) is 0 Å². The molecule has 0 amide bonds. The molecule has 0 aromatic carbocycles. The molecular weight excluding hydrogens is 190 g/mol. The highest BCUT2D eigenvalue weighted by Gasteiger charge is 2.19. The van der Waals surface area contributed by atoms with Crippen LogP contribution in [0, 0.1) is 0 Å². The highest BCUT2D eigenvalue weighted by molar-refractivity contribution is 7.14. The molecule has 1 rings (SSSR count). The van der Waals surface area contributed by atoms with Crippen LogP contribution in [0.25, 0.3) is 0 Å². The molecule has 0 spiro atoms. The first-order valence-electron chi connectivity index (χ1n) is 3.80. The van der Waals surface area contributed by atoms with Crippen molar-refractivity contribution in [3.05, 3.63) is 15.6 Å². The minimum atomic E-state index is -1.14. The highest BCUT2D eigenvalue weighted by Crippen LogP contribution is 2.19. The number of thiazole rings is 1. The molecule has 1 aromatic rings. The average Bonchev–Trinajstić information content (AvgIpc) is 2.47. The molecule has 0 radical (unpaired) electrons. The molecule has 4 nitrogen and oxygen atoms in total. The van der Waals surface area contributed by atoms with Crippen LogP contribution in [-0.2, 0) is 6.42 Å². The van der Waals surface area contributed by atoms with Crippen LogP contribution < -0.4 is 0 Å². The van der Waals surface area contributed by atoms with E-state index >= 15 is 0 Å². The highest BCUT2D eigenvalue weighted by atomic mass is 32.1. The van der Waals surface area contributed by atoms with E-state index in [0.29, 0.717) is 11.4 Å². The Morgan fingerprint density at radius 2 is 2.15 bits per heavy atom. The number of carboxylic acid groups (broad SMARTS) is 1. The monoisotopic (exact) mass is 199 g/mol. The van der Waals surface area contributed by atoms with E-state index in [0.717, 1.165) is 11.3 Å². The number of aryl methyl sites for hydroxylation is 1. The zero-order valence-electron chi connectivity index (χ0n) is 7.33. The Balaban J connectivity index is 3.23. The number of rotatable bonds is 3. The Morgan fingerprint density at radius 1 is 1.54 bits per heavy atom. The number of hydrogen-bond donors (Lipinski definition) is 1. The van der Waals surface area contributed by atoms with Gasteiger partial charge in [0.2, 0.25) is 0 Å². The fraction of sp³-hybridized carbons (Fsp3) is 0.375. The third kappa shape index (κ3) is 1.92. The molecule has 0 saturated carbocycles. The van der Waals surface area contributed by atoms with Gasteiger partial charge < -0.3 is 5.11 Å². The molecule has 0 aliphatic carbocycles. The predicted octanol–water partition coefficient (Wildman–Crippen LogP) is 1.61. The average molecular weight is 199 g/mol. The first-order chi connectivity index (χ1) is 6.06. The van der Waals surface area contributed by atoms with Gasteiger partial charge in [-0.3, -0.25) is 4.79 Å². The van der Waals surface area contributed by atoms with Gasteiger partial charge in [0, 0.05) is 6.92 Å². The lowest BCUT2D eigenvalue weighted by Gasteiger charge is -1.89. The zero-order chi connectivity index (χ0) is 10.0. The van der Waals surface area contributed by atoms with E-state index in [1.165, 1.54) is 6.92 Å². The largest absolute Gasteiger partial charge is 0.476 e. The van der Waals surface area contributed by atoms with Gasteiger partial charge in [0.05, 0.1) is 5.01 Å². The Kier molecular flexibility index (Phi) is 2.77. The van der Waals surface area contributed by atoms with Gasteiger partial charge in [-0.2, -0.15) is 0 Å². The third-order valence-corrected chi connectivity index (χ3v) is 2.80. The van der Waals surface area contributed by atoms with Crippen molar-refractivity contribution >= 4 is 23.1 Å². The minimum absolute atomic E-state index is 0.116. The summed E-state index contributed by atoms with van der Waals surface area (Å²) in [6.07, 6.45) is 0.651. The molecule has 13 heavy (non-hydrogen) atoms. The summed E-state index contributed by atoms with van der Waals surface area (Å²) in [7, 11) is 0. The second kappa shape index (κ2) is 3.66. The Hall–Kier alpha value is -1.23. The quantitative estimate of drug-likeness (QED) is 0.751. The van der Waals surface area contributed by atoms with Crippen molar-refractivity contribution in [1.82, 2.24) is 4.98 Å². The molecule has 0 fully saturated rings. The van der Waals surface area contributed by atoms with E-state index in [-0.39, 0.29) is 16.4 Å². The molecule has 0 aliphatic rings. The predicted molar refractivity (Wildman–Crippen MR) is 48.5 cm³/mol. The topological polar surface area (TPSA) is 67.3 Å². The van der Waals surface area contributed by atoms with Gasteiger partial charge in [0.15, 0.2) is 11.5 Å². The van der Waals surface area contributed by atoms with Crippen molar-refractivity contribution < 1.29 is 14.7 Å². The summed E-state index contributed by atoms with van der Waals surface area (Å²) in [5, 5.41) is 9.40. The first-order valence-corrected chi connectivity index (χ1v) is 4.61. The number of carbonyl (C=O) groups is 2. The Bertz CT molecular complexity index is 325. The van der Waals surface area contributed by atoms with Gasteiger partial charge in [-0.15, -0.1) is 11.3 Å². The summed E-state index contributed by atoms with van der Waals surface area (Å²) in [4.78, 5) is 25.7. The van der Waals surface area contributed by atoms with Crippen LogP contribution in [0.3, 0.4) is 0 Å². The molecule has 1 aromatic heterocycles. The molecule has 1 N–H and O–H groups in total. The summed E-state index contributed by atoms with van der Waals surface area (Å²) in [5.74, 6) is -1.38. The molecule has 0 saturated heterocycles. The first kappa shape index (κ1) is 9.85. The van der Waals surface area contributed by atoms with Crippen LogP contribution in [0.5, 0.6) is 0 Å². The number of aromatic nitrogens is 1.